The first-order chi connectivity index (χ1) is 8.82. The van der Waals surface area contributed by atoms with E-state index in [2.05, 4.69) is 20.9 Å². The molecule has 0 aliphatic rings. The van der Waals surface area contributed by atoms with E-state index in [1.807, 2.05) is 12.1 Å². The van der Waals surface area contributed by atoms with E-state index in [1.165, 1.54) is 0 Å². The largest absolute Gasteiger partial charge is 0.496 e. The van der Waals surface area contributed by atoms with Crippen LogP contribution in [0.25, 0.3) is 10.6 Å². The van der Waals surface area contributed by atoms with Crippen molar-refractivity contribution in [2.45, 2.75) is 11.1 Å². The predicted octanol–water partition coefficient (Wildman–Crippen LogP) is 3.82. The number of aromatic nitrogens is 1. The van der Waals surface area contributed by atoms with Gasteiger partial charge in [-0.1, -0.05) is 15.9 Å². The van der Waals surface area contributed by atoms with E-state index in [1.54, 1.807) is 20.1 Å². The van der Waals surface area contributed by atoms with Crippen LogP contribution in [0, 0.1) is 6.92 Å². The molecule has 0 bridgehead atoms. The van der Waals surface area contributed by atoms with Crippen molar-refractivity contribution in [1.82, 2.24) is 4.98 Å². The number of ether oxygens (including phenoxy) is 1. The van der Waals surface area contributed by atoms with Crippen molar-refractivity contribution < 1.29 is 13.2 Å². The second kappa shape index (κ2) is 5.40. The summed E-state index contributed by atoms with van der Waals surface area (Å²) in [4.78, 5) is 4.25. The van der Waals surface area contributed by atoms with Crippen LogP contribution in [0.5, 0.6) is 5.75 Å². The van der Waals surface area contributed by atoms with Crippen molar-refractivity contribution in [2.75, 3.05) is 7.11 Å². The topological polar surface area (TPSA) is 56.3 Å². The highest BCUT2D eigenvalue weighted by Crippen LogP contribution is 2.38. The number of hydrogen-bond acceptors (Lipinski definition) is 5. The lowest BCUT2D eigenvalue weighted by Gasteiger charge is -2.05. The number of halogens is 2. The van der Waals surface area contributed by atoms with E-state index in [0.717, 1.165) is 21.4 Å². The van der Waals surface area contributed by atoms with Crippen LogP contribution in [0.4, 0.5) is 0 Å². The molecular weight excluding hydrogens is 374 g/mol. The van der Waals surface area contributed by atoms with Crippen LogP contribution in [-0.2, 0) is 9.05 Å². The molecule has 4 nitrogen and oxygen atoms in total. The highest BCUT2D eigenvalue weighted by molar-refractivity contribution is 9.10. The van der Waals surface area contributed by atoms with E-state index in [4.69, 9.17) is 15.4 Å². The number of aryl methyl sites for hydroxylation is 1. The van der Waals surface area contributed by atoms with Gasteiger partial charge in [-0.2, -0.15) is 0 Å². The fourth-order valence-corrected chi connectivity index (χ4v) is 4.41. The second-order valence-electron chi connectivity index (χ2n) is 3.67. The summed E-state index contributed by atoms with van der Waals surface area (Å²) >= 11 is 4.39. The Morgan fingerprint density at radius 3 is 2.63 bits per heavy atom. The Morgan fingerprint density at radius 2 is 2.11 bits per heavy atom. The summed E-state index contributed by atoms with van der Waals surface area (Å²) in [5, 5.41) is 0.551. The normalized spacial score (nSPS) is 11.6. The molecule has 0 spiro atoms. The van der Waals surface area contributed by atoms with Gasteiger partial charge in [0.05, 0.1) is 18.4 Å². The first kappa shape index (κ1) is 14.8. The van der Waals surface area contributed by atoms with Crippen LogP contribution in [0.2, 0.25) is 0 Å². The number of benzene rings is 1. The Kier molecular flexibility index (Phi) is 4.20. The molecule has 0 saturated carbocycles. The molecule has 1 aromatic carbocycles. The van der Waals surface area contributed by atoms with Gasteiger partial charge < -0.3 is 4.74 Å². The van der Waals surface area contributed by atoms with Crippen LogP contribution in [0.1, 0.15) is 5.69 Å². The minimum absolute atomic E-state index is 0.0613. The Bertz CT molecular complexity index is 728. The molecule has 2 rings (SSSR count). The van der Waals surface area contributed by atoms with Gasteiger partial charge in [-0.15, -0.1) is 11.3 Å². The van der Waals surface area contributed by atoms with Crippen molar-refractivity contribution in [2.24, 2.45) is 0 Å². The second-order valence-corrected chi connectivity index (χ2v) is 8.35. The zero-order valence-electron chi connectivity index (χ0n) is 9.98. The van der Waals surface area contributed by atoms with Crippen LogP contribution >= 0.6 is 37.9 Å². The molecule has 0 aliphatic carbocycles. The summed E-state index contributed by atoms with van der Waals surface area (Å²) in [6, 6.07) is 5.44. The van der Waals surface area contributed by atoms with Crippen LogP contribution in [0.15, 0.2) is 26.9 Å². The fourth-order valence-electron chi connectivity index (χ4n) is 1.57. The monoisotopic (exact) mass is 381 g/mol. The molecule has 8 heteroatoms. The summed E-state index contributed by atoms with van der Waals surface area (Å²) < 4.78 is 29.0. The molecule has 0 radical (unpaired) electrons. The highest BCUT2D eigenvalue weighted by atomic mass is 79.9. The summed E-state index contributed by atoms with van der Waals surface area (Å²) in [6.45, 7) is 1.61. The van der Waals surface area contributed by atoms with E-state index >= 15 is 0 Å². The standard InChI is InChI=1S/C11H9BrClNO3S2/c1-6-11(19(13,15)16)18-10(14-6)8-5-7(12)3-4-9(8)17-2/h3-5H,1-2H3. The Balaban J connectivity index is 2.64. The number of rotatable bonds is 3. The molecular formula is C11H9BrClNO3S2. The van der Waals surface area contributed by atoms with Crippen LogP contribution in [0.3, 0.4) is 0 Å². The molecule has 0 aliphatic heterocycles. The van der Waals surface area contributed by atoms with Crippen LogP contribution in [-0.4, -0.2) is 20.5 Å². The molecule has 0 amide bonds. The number of nitrogens with zero attached hydrogens (tertiary/aromatic N) is 1. The first-order valence-electron chi connectivity index (χ1n) is 5.09. The van der Waals surface area contributed by atoms with Gasteiger partial charge in [0.1, 0.15) is 10.8 Å². The van der Waals surface area contributed by atoms with Crippen LogP contribution < -0.4 is 4.74 Å². The van der Waals surface area contributed by atoms with E-state index < -0.39 is 9.05 Å². The molecule has 0 unspecified atom stereocenters. The van der Waals surface area contributed by atoms with Gasteiger partial charge in [-0.05, 0) is 25.1 Å². The zero-order valence-corrected chi connectivity index (χ0v) is 14.0. The Hall–Kier alpha value is -0.630. The molecule has 0 atom stereocenters. The Morgan fingerprint density at radius 1 is 1.42 bits per heavy atom. The van der Waals surface area contributed by atoms with Gasteiger partial charge in [0.15, 0.2) is 4.21 Å². The van der Waals surface area contributed by atoms with E-state index in [9.17, 15) is 8.42 Å². The molecule has 0 N–H and O–H groups in total. The van der Waals surface area contributed by atoms with E-state index in [0.29, 0.717) is 16.5 Å². The van der Waals surface area contributed by atoms with E-state index in [-0.39, 0.29) is 4.21 Å². The third-order valence-corrected chi connectivity index (χ3v) is 6.23. The third-order valence-electron chi connectivity index (χ3n) is 2.37. The smallest absolute Gasteiger partial charge is 0.272 e. The summed E-state index contributed by atoms with van der Waals surface area (Å²) in [5.41, 5.74) is 1.11. The molecule has 1 aromatic heterocycles. The van der Waals surface area contributed by atoms with Gasteiger partial charge in [0.2, 0.25) is 0 Å². The average Bonchev–Trinajstić information content (AvgIpc) is 2.71. The van der Waals surface area contributed by atoms with Crippen molar-refractivity contribution in [3.05, 3.63) is 28.4 Å². The maximum absolute atomic E-state index is 11.4. The highest BCUT2D eigenvalue weighted by Gasteiger charge is 2.21. The molecule has 0 fully saturated rings. The van der Waals surface area contributed by atoms with Gasteiger partial charge in [0, 0.05) is 15.2 Å². The SMILES string of the molecule is COc1ccc(Br)cc1-c1nc(C)c(S(=O)(=O)Cl)s1. The lowest BCUT2D eigenvalue weighted by atomic mass is 10.2. The van der Waals surface area contributed by atoms with Gasteiger partial charge in [-0.3, -0.25) is 0 Å². The lowest BCUT2D eigenvalue weighted by molar-refractivity contribution is 0.416. The number of methoxy groups -OCH3 is 1. The maximum Gasteiger partial charge on any atom is 0.272 e. The van der Waals surface area contributed by atoms with Crippen molar-refractivity contribution in [1.29, 1.82) is 0 Å². The minimum atomic E-state index is -3.77. The quantitative estimate of drug-likeness (QED) is 0.757. The first-order valence-corrected chi connectivity index (χ1v) is 9.01. The average molecular weight is 383 g/mol. The lowest BCUT2D eigenvalue weighted by Crippen LogP contribution is -1.88. The third kappa shape index (κ3) is 3.10. The molecule has 2 aromatic rings. The molecule has 102 valence electrons. The minimum Gasteiger partial charge on any atom is -0.496 e. The van der Waals surface area contributed by atoms with Crippen molar-refractivity contribution in [3.8, 4) is 16.3 Å². The molecule has 1 heterocycles. The van der Waals surface area contributed by atoms with Crippen molar-refractivity contribution in [3.63, 3.8) is 0 Å². The van der Waals surface area contributed by atoms with Gasteiger partial charge in [0.25, 0.3) is 9.05 Å². The van der Waals surface area contributed by atoms with Gasteiger partial charge >= 0.3 is 0 Å². The molecule has 0 saturated heterocycles. The predicted molar refractivity (Wildman–Crippen MR) is 79.6 cm³/mol. The zero-order chi connectivity index (χ0) is 14.2. The fraction of sp³-hybridized carbons (Fsp3) is 0.182. The molecule has 19 heavy (non-hydrogen) atoms. The summed E-state index contributed by atoms with van der Waals surface area (Å²) in [5.74, 6) is 0.621. The maximum atomic E-state index is 11.4. The van der Waals surface area contributed by atoms with Crippen molar-refractivity contribution >= 4 is 47.0 Å². The number of hydrogen-bond donors (Lipinski definition) is 0. The van der Waals surface area contributed by atoms with Gasteiger partial charge in [-0.25, -0.2) is 13.4 Å². The number of thiazole rings is 1. The Labute approximate surface area is 127 Å². The summed E-state index contributed by atoms with van der Waals surface area (Å²) in [6.07, 6.45) is 0. The summed E-state index contributed by atoms with van der Waals surface area (Å²) in [7, 11) is 3.15.